The maximum Gasteiger partial charge on any atom is 0.0271 e. The molecule has 0 amide bonds. The summed E-state index contributed by atoms with van der Waals surface area (Å²) in [5, 5.41) is 0. The molecule has 0 saturated heterocycles. The van der Waals surface area contributed by atoms with E-state index in [9.17, 15) is 0 Å². The molecule has 14 heavy (non-hydrogen) atoms. The Morgan fingerprint density at radius 2 is 1.00 bits per heavy atom. The van der Waals surface area contributed by atoms with Crippen LogP contribution in [0.4, 0.5) is 0 Å². The number of hydrogen-bond donors (Lipinski definition) is 1. The molecule has 1 atom stereocenters. The summed E-state index contributed by atoms with van der Waals surface area (Å²) in [5.41, 5.74) is 14.2. The van der Waals surface area contributed by atoms with Crippen LogP contribution in [0.1, 0.15) is 46.3 Å². The molecule has 0 aliphatic heterocycles. The lowest BCUT2D eigenvalue weighted by molar-refractivity contribution is 0.795. The molecule has 0 spiro atoms. The minimum absolute atomic E-state index is 0.132. The monoisotopic (exact) mass is 191 g/mol. The molecule has 0 heterocycles. The van der Waals surface area contributed by atoms with Gasteiger partial charge in [-0.2, -0.15) is 0 Å². The normalized spacial score (nSPS) is 13.1. The highest BCUT2D eigenvalue weighted by Gasteiger charge is 2.14. The van der Waals surface area contributed by atoms with Gasteiger partial charge in [0, 0.05) is 6.04 Å². The van der Waals surface area contributed by atoms with Crippen LogP contribution >= 0.6 is 0 Å². The predicted octanol–water partition coefficient (Wildman–Crippen LogP) is 3.25. The van der Waals surface area contributed by atoms with E-state index in [1.54, 1.807) is 0 Å². The average molecular weight is 191 g/mol. The average Bonchev–Trinajstić information content (AvgIpc) is 2.11. The molecule has 1 rings (SSSR count). The molecule has 0 radical (unpaired) electrons. The lowest BCUT2D eigenvalue weighted by Crippen LogP contribution is -2.12. The topological polar surface area (TPSA) is 26.0 Å². The Hall–Kier alpha value is -0.820. The second kappa shape index (κ2) is 3.74. The zero-order valence-corrected chi connectivity index (χ0v) is 10.2. The molecule has 78 valence electrons. The van der Waals surface area contributed by atoms with Crippen LogP contribution in [0, 0.1) is 34.6 Å². The zero-order valence-electron chi connectivity index (χ0n) is 10.2. The van der Waals surface area contributed by atoms with Gasteiger partial charge in [-0.15, -0.1) is 0 Å². The second-order valence-electron chi connectivity index (χ2n) is 4.33. The fourth-order valence-electron chi connectivity index (χ4n) is 2.21. The summed E-state index contributed by atoms with van der Waals surface area (Å²) in [6, 6.07) is 0.132. The highest BCUT2D eigenvalue weighted by Crippen LogP contribution is 2.29. The van der Waals surface area contributed by atoms with E-state index in [1.165, 1.54) is 33.4 Å². The summed E-state index contributed by atoms with van der Waals surface area (Å²) in [5.74, 6) is 0. The van der Waals surface area contributed by atoms with Gasteiger partial charge in [-0.25, -0.2) is 0 Å². The summed E-state index contributed by atoms with van der Waals surface area (Å²) in [6.07, 6.45) is 0. The van der Waals surface area contributed by atoms with Crippen molar-refractivity contribution in [2.24, 2.45) is 5.73 Å². The quantitative estimate of drug-likeness (QED) is 0.724. The van der Waals surface area contributed by atoms with Crippen LogP contribution in [0.3, 0.4) is 0 Å². The fraction of sp³-hybridized carbons (Fsp3) is 0.538. The summed E-state index contributed by atoms with van der Waals surface area (Å²) in [4.78, 5) is 0. The van der Waals surface area contributed by atoms with Gasteiger partial charge in [-0.05, 0) is 74.9 Å². The third-order valence-corrected chi connectivity index (χ3v) is 3.51. The van der Waals surface area contributed by atoms with Crippen molar-refractivity contribution < 1.29 is 0 Å². The predicted molar refractivity (Wildman–Crippen MR) is 62.7 cm³/mol. The summed E-state index contributed by atoms with van der Waals surface area (Å²) < 4.78 is 0. The van der Waals surface area contributed by atoms with E-state index in [1.807, 2.05) is 0 Å². The van der Waals surface area contributed by atoms with Crippen LogP contribution < -0.4 is 5.73 Å². The van der Waals surface area contributed by atoms with Gasteiger partial charge >= 0.3 is 0 Å². The highest BCUT2D eigenvalue weighted by molar-refractivity contribution is 5.50. The van der Waals surface area contributed by atoms with Crippen molar-refractivity contribution in [2.75, 3.05) is 0 Å². The molecule has 0 aliphatic carbocycles. The minimum atomic E-state index is 0.132. The van der Waals surface area contributed by atoms with E-state index in [4.69, 9.17) is 5.73 Å². The maximum absolute atomic E-state index is 6.00. The van der Waals surface area contributed by atoms with Crippen molar-refractivity contribution in [1.82, 2.24) is 0 Å². The van der Waals surface area contributed by atoms with Gasteiger partial charge in [0.2, 0.25) is 0 Å². The smallest absolute Gasteiger partial charge is 0.0271 e. The molecular formula is C13H21N. The second-order valence-corrected chi connectivity index (χ2v) is 4.33. The zero-order chi connectivity index (χ0) is 11.0. The van der Waals surface area contributed by atoms with Crippen LogP contribution in [-0.2, 0) is 0 Å². The van der Waals surface area contributed by atoms with E-state index in [0.717, 1.165) is 0 Å². The molecule has 0 bridgehead atoms. The number of nitrogens with two attached hydrogens (primary N) is 1. The van der Waals surface area contributed by atoms with Crippen LogP contribution in [0.2, 0.25) is 0 Å². The molecule has 1 nitrogen and oxygen atoms in total. The van der Waals surface area contributed by atoms with Crippen molar-refractivity contribution >= 4 is 0 Å². The molecule has 0 saturated carbocycles. The Kier molecular flexibility index (Phi) is 3.01. The van der Waals surface area contributed by atoms with Crippen molar-refractivity contribution in [2.45, 2.75) is 47.6 Å². The van der Waals surface area contributed by atoms with Gasteiger partial charge in [0.05, 0.1) is 0 Å². The van der Waals surface area contributed by atoms with Crippen molar-refractivity contribution in [1.29, 1.82) is 0 Å². The Labute approximate surface area is 87.3 Å². The van der Waals surface area contributed by atoms with Gasteiger partial charge in [-0.3, -0.25) is 0 Å². The standard InChI is InChI=1S/C13H21N/c1-7-8(2)10(4)13(12(6)14)11(5)9(7)3/h12H,14H2,1-6H3/t12-/m0/s1. The highest BCUT2D eigenvalue weighted by atomic mass is 14.6. The van der Waals surface area contributed by atoms with Crippen molar-refractivity contribution in [3.8, 4) is 0 Å². The Morgan fingerprint density at radius 3 is 1.29 bits per heavy atom. The minimum Gasteiger partial charge on any atom is -0.324 e. The van der Waals surface area contributed by atoms with Gasteiger partial charge in [0.25, 0.3) is 0 Å². The fourth-order valence-corrected chi connectivity index (χ4v) is 2.21. The molecule has 0 fully saturated rings. The molecule has 1 aromatic carbocycles. The first-order valence-corrected chi connectivity index (χ1v) is 5.20. The van der Waals surface area contributed by atoms with E-state index in [0.29, 0.717) is 0 Å². The van der Waals surface area contributed by atoms with Gasteiger partial charge in [0.1, 0.15) is 0 Å². The van der Waals surface area contributed by atoms with Gasteiger partial charge in [0.15, 0.2) is 0 Å². The van der Waals surface area contributed by atoms with E-state index in [2.05, 4.69) is 41.5 Å². The maximum atomic E-state index is 6.00. The molecule has 2 N–H and O–H groups in total. The largest absolute Gasteiger partial charge is 0.324 e. The van der Waals surface area contributed by atoms with Gasteiger partial charge in [-0.1, -0.05) is 0 Å². The first-order chi connectivity index (χ1) is 6.37. The Morgan fingerprint density at radius 1 is 0.714 bits per heavy atom. The molecule has 1 heteroatoms. The molecular weight excluding hydrogens is 170 g/mol. The van der Waals surface area contributed by atoms with Crippen LogP contribution in [0.25, 0.3) is 0 Å². The molecule has 0 unspecified atom stereocenters. The lowest BCUT2D eigenvalue weighted by Gasteiger charge is -2.20. The van der Waals surface area contributed by atoms with Crippen LogP contribution in [0.5, 0.6) is 0 Å². The molecule has 0 aromatic heterocycles. The molecule has 1 aromatic rings. The lowest BCUT2D eigenvalue weighted by atomic mass is 9.87. The third kappa shape index (κ3) is 1.57. The van der Waals surface area contributed by atoms with Crippen LogP contribution in [0.15, 0.2) is 0 Å². The van der Waals surface area contributed by atoms with Crippen molar-refractivity contribution in [3.63, 3.8) is 0 Å². The number of rotatable bonds is 1. The van der Waals surface area contributed by atoms with Crippen molar-refractivity contribution in [3.05, 3.63) is 33.4 Å². The first-order valence-electron chi connectivity index (χ1n) is 5.20. The van der Waals surface area contributed by atoms with E-state index < -0.39 is 0 Å². The Balaban J connectivity index is 3.60. The first kappa shape index (κ1) is 11.3. The van der Waals surface area contributed by atoms with Gasteiger partial charge < -0.3 is 5.73 Å². The van der Waals surface area contributed by atoms with E-state index >= 15 is 0 Å². The summed E-state index contributed by atoms with van der Waals surface area (Å²) >= 11 is 0. The number of benzene rings is 1. The SMILES string of the molecule is Cc1c(C)c(C)c([C@H](C)N)c(C)c1C. The summed E-state index contributed by atoms with van der Waals surface area (Å²) in [7, 11) is 0. The summed E-state index contributed by atoms with van der Waals surface area (Å²) in [6.45, 7) is 13.0. The molecule has 0 aliphatic rings. The Bertz CT molecular complexity index is 333. The number of hydrogen-bond acceptors (Lipinski definition) is 1. The third-order valence-electron chi connectivity index (χ3n) is 3.51. The van der Waals surface area contributed by atoms with Crippen LogP contribution in [-0.4, -0.2) is 0 Å². The van der Waals surface area contributed by atoms with E-state index in [-0.39, 0.29) is 6.04 Å².